The third kappa shape index (κ3) is 3.82. The van der Waals surface area contributed by atoms with Gasteiger partial charge in [0, 0.05) is 10.8 Å². The summed E-state index contributed by atoms with van der Waals surface area (Å²) >= 11 is 0. The zero-order valence-corrected chi connectivity index (χ0v) is 17.1. The predicted molar refractivity (Wildman–Crippen MR) is 114 cm³/mol. The summed E-state index contributed by atoms with van der Waals surface area (Å²) in [5.74, 6) is 0. The molecule has 0 unspecified atom stereocenters. The fourth-order valence-corrected chi connectivity index (χ4v) is 4.08. The first-order valence-electron chi connectivity index (χ1n) is 10.6. The van der Waals surface area contributed by atoms with E-state index in [2.05, 4.69) is 52.0 Å². The lowest BCUT2D eigenvalue weighted by molar-refractivity contribution is 0.629. The Bertz CT molecular complexity index is 869. The number of benzene rings is 2. The van der Waals surface area contributed by atoms with Crippen LogP contribution in [0.15, 0.2) is 28.7 Å². The first-order valence-corrected chi connectivity index (χ1v) is 10.6. The molecular weight excluding hydrogens is 316 g/mol. The van der Waals surface area contributed by atoms with Gasteiger partial charge in [0.1, 0.15) is 11.2 Å². The molecule has 0 aliphatic heterocycles. The Morgan fingerprint density at radius 1 is 0.615 bits per heavy atom. The normalized spacial score (nSPS) is 11.7. The number of unbranched alkanes of at least 4 members (excludes halogenated alkanes) is 5. The van der Waals surface area contributed by atoms with Gasteiger partial charge in [0.05, 0.1) is 0 Å². The Morgan fingerprint density at radius 3 is 1.65 bits per heavy atom. The molecule has 1 heterocycles. The van der Waals surface area contributed by atoms with Crippen molar-refractivity contribution >= 4 is 21.9 Å². The fraction of sp³-hybridized carbons (Fsp3) is 0.520. The van der Waals surface area contributed by atoms with Gasteiger partial charge in [0.15, 0.2) is 0 Å². The van der Waals surface area contributed by atoms with Gasteiger partial charge in [-0.3, -0.25) is 0 Å². The monoisotopic (exact) mass is 350 g/mol. The number of furan rings is 1. The molecule has 3 aromatic rings. The van der Waals surface area contributed by atoms with Gasteiger partial charge in [-0.1, -0.05) is 70.2 Å². The second-order valence-corrected chi connectivity index (χ2v) is 7.82. The molecule has 0 saturated heterocycles. The zero-order valence-electron chi connectivity index (χ0n) is 17.1. The van der Waals surface area contributed by atoms with Crippen LogP contribution in [0.3, 0.4) is 0 Å². The third-order valence-electron chi connectivity index (χ3n) is 5.88. The smallest absolute Gasteiger partial charge is 0.138 e. The van der Waals surface area contributed by atoms with E-state index in [1.807, 2.05) is 0 Å². The Balaban J connectivity index is 1.90. The number of hydrogen-bond donors (Lipinski definition) is 0. The lowest BCUT2D eigenvalue weighted by Crippen LogP contribution is -1.90. The maximum Gasteiger partial charge on any atom is 0.138 e. The van der Waals surface area contributed by atoms with Gasteiger partial charge in [0.2, 0.25) is 0 Å². The third-order valence-corrected chi connectivity index (χ3v) is 5.88. The molecule has 1 nitrogen and oxygen atoms in total. The lowest BCUT2D eigenvalue weighted by Gasteiger charge is -2.06. The molecule has 26 heavy (non-hydrogen) atoms. The summed E-state index contributed by atoms with van der Waals surface area (Å²) in [6.07, 6.45) is 11.5. The second-order valence-electron chi connectivity index (χ2n) is 7.82. The summed E-state index contributed by atoms with van der Waals surface area (Å²) in [5, 5.41) is 2.55. The molecule has 0 N–H and O–H groups in total. The van der Waals surface area contributed by atoms with Crippen LogP contribution < -0.4 is 0 Å². The average molecular weight is 351 g/mol. The SMILES string of the molecule is CCCCCCCc1ccc2c(oc3c(C)c(CCCC)ccc32)c1C. The Hall–Kier alpha value is -1.76. The molecule has 140 valence electrons. The van der Waals surface area contributed by atoms with E-state index in [4.69, 9.17) is 4.42 Å². The molecule has 0 bridgehead atoms. The molecule has 0 saturated carbocycles. The average Bonchev–Trinajstić information content (AvgIpc) is 3.03. The predicted octanol–water partition coefficient (Wildman–Crippen LogP) is 8.06. The van der Waals surface area contributed by atoms with Gasteiger partial charge in [-0.05, 0) is 61.8 Å². The first-order chi connectivity index (χ1) is 12.7. The van der Waals surface area contributed by atoms with Gasteiger partial charge in [-0.2, -0.15) is 0 Å². The van der Waals surface area contributed by atoms with E-state index in [9.17, 15) is 0 Å². The standard InChI is InChI=1S/C25H34O/c1-5-7-9-10-11-13-21-15-17-23-22-16-14-20(12-8-6-2)18(3)24(22)26-25(23)19(21)4/h14-17H,5-13H2,1-4H3. The number of fused-ring (bicyclic) bond motifs is 3. The van der Waals surface area contributed by atoms with Gasteiger partial charge in [0.25, 0.3) is 0 Å². The van der Waals surface area contributed by atoms with Crippen LogP contribution in [0, 0.1) is 13.8 Å². The largest absolute Gasteiger partial charge is 0.455 e. The molecule has 0 atom stereocenters. The van der Waals surface area contributed by atoms with Gasteiger partial charge in [-0.15, -0.1) is 0 Å². The maximum absolute atomic E-state index is 6.42. The van der Waals surface area contributed by atoms with Crippen LogP contribution in [-0.4, -0.2) is 0 Å². The van der Waals surface area contributed by atoms with Crippen LogP contribution in [0.4, 0.5) is 0 Å². The number of rotatable bonds is 9. The molecule has 2 aromatic carbocycles. The molecule has 0 amide bonds. The van der Waals surface area contributed by atoms with Crippen LogP contribution in [0.1, 0.15) is 81.0 Å². The van der Waals surface area contributed by atoms with Crippen molar-refractivity contribution in [2.24, 2.45) is 0 Å². The van der Waals surface area contributed by atoms with Crippen LogP contribution >= 0.6 is 0 Å². The molecular formula is C25H34O. The van der Waals surface area contributed by atoms with E-state index in [1.165, 1.54) is 84.4 Å². The molecule has 0 aliphatic rings. The summed E-state index contributed by atoms with van der Waals surface area (Å²) in [6.45, 7) is 8.98. The minimum atomic E-state index is 1.09. The fourth-order valence-electron chi connectivity index (χ4n) is 4.08. The molecule has 0 radical (unpaired) electrons. The molecule has 0 spiro atoms. The topological polar surface area (TPSA) is 13.1 Å². The highest BCUT2D eigenvalue weighted by Crippen LogP contribution is 2.35. The highest BCUT2D eigenvalue weighted by molar-refractivity contribution is 6.07. The second kappa shape index (κ2) is 8.75. The summed E-state index contributed by atoms with van der Waals surface area (Å²) < 4.78 is 6.42. The molecule has 3 rings (SSSR count). The van der Waals surface area contributed by atoms with Crippen molar-refractivity contribution in [2.45, 2.75) is 85.5 Å². The van der Waals surface area contributed by atoms with Crippen molar-refractivity contribution in [1.29, 1.82) is 0 Å². The van der Waals surface area contributed by atoms with E-state index in [0.29, 0.717) is 0 Å². The minimum Gasteiger partial charge on any atom is -0.455 e. The van der Waals surface area contributed by atoms with Crippen molar-refractivity contribution in [3.63, 3.8) is 0 Å². The summed E-state index contributed by atoms with van der Waals surface area (Å²) in [5.41, 5.74) is 7.75. The van der Waals surface area contributed by atoms with Crippen molar-refractivity contribution in [3.8, 4) is 0 Å². The van der Waals surface area contributed by atoms with Crippen LogP contribution in [0.2, 0.25) is 0 Å². The highest BCUT2D eigenvalue weighted by Gasteiger charge is 2.14. The highest BCUT2D eigenvalue weighted by atomic mass is 16.3. The number of hydrogen-bond acceptors (Lipinski definition) is 1. The quantitative estimate of drug-likeness (QED) is 0.356. The van der Waals surface area contributed by atoms with Gasteiger partial charge >= 0.3 is 0 Å². The van der Waals surface area contributed by atoms with E-state index in [1.54, 1.807) is 0 Å². The van der Waals surface area contributed by atoms with Crippen molar-refractivity contribution < 1.29 is 4.42 Å². The molecule has 1 aromatic heterocycles. The molecule has 1 heteroatoms. The molecule has 0 fully saturated rings. The summed E-state index contributed by atoms with van der Waals surface area (Å²) in [7, 11) is 0. The Morgan fingerprint density at radius 2 is 1.12 bits per heavy atom. The molecule has 0 aliphatic carbocycles. The van der Waals surface area contributed by atoms with E-state index >= 15 is 0 Å². The van der Waals surface area contributed by atoms with Crippen LogP contribution in [0.25, 0.3) is 21.9 Å². The maximum atomic E-state index is 6.42. The Labute approximate surface area is 158 Å². The van der Waals surface area contributed by atoms with E-state index in [-0.39, 0.29) is 0 Å². The summed E-state index contributed by atoms with van der Waals surface area (Å²) in [6, 6.07) is 9.18. The van der Waals surface area contributed by atoms with Crippen LogP contribution in [0.5, 0.6) is 0 Å². The number of aryl methyl sites for hydroxylation is 4. The van der Waals surface area contributed by atoms with Gasteiger partial charge < -0.3 is 4.42 Å². The first kappa shape index (κ1) is 19.0. The van der Waals surface area contributed by atoms with Crippen molar-refractivity contribution in [3.05, 3.63) is 46.5 Å². The van der Waals surface area contributed by atoms with E-state index in [0.717, 1.165) is 17.6 Å². The van der Waals surface area contributed by atoms with Crippen LogP contribution in [-0.2, 0) is 12.8 Å². The van der Waals surface area contributed by atoms with Gasteiger partial charge in [-0.25, -0.2) is 0 Å². The Kier molecular flexibility index (Phi) is 6.40. The summed E-state index contributed by atoms with van der Waals surface area (Å²) in [4.78, 5) is 0. The van der Waals surface area contributed by atoms with E-state index < -0.39 is 0 Å². The lowest BCUT2D eigenvalue weighted by atomic mass is 9.97. The minimum absolute atomic E-state index is 1.09. The zero-order chi connectivity index (χ0) is 18.5. The van der Waals surface area contributed by atoms with Crippen molar-refractivity contribution in [1.82, 2.24) is 0 Å². The van der Waals surface area contributed by atoms with Crippen molar-refractivity contribution in [2.75, 3.05) is 0 Å².